The summed E-state index contributed by atoms with van der Waals surface area (Å²) in [4.78, 5) is 4.23. The second-order valence-corrected chi connectivity index (χ2v) is 5.02. The Morgan fingerprint density at radius 3 is 2.62 bits per heavy atom. The van der Waals surface area contributed by atoms with Crippen molar-refractivity contribution in [2.45, 2.75) is 37.9 Å². The Balaban J connectivity index is 2.29. The van der Waals surface area contributed by atoms with Gasteiger partial charge >= 0.3 is 0 Å². The highest BCUT2D eigenvalue weighted by atomic mass is 32.1. The summed E-state index contributed by atoms with van der Waals surface area (Å²) in [6, 6.07) is 0. The minimum absolute atomic E-state index is 0.228. The zero-order valence-corrected chi connectivity index (χ0v) is 8.62. The van der Waals surface area contributed by atoms with Crippen LogP contribution in [0.4, 0.5) is 4.39 Å². The summed E-state index contributed by atoms with van der Waals surface area (Å²) in [6.07, 6.45) is 1.96. The van der Waals surface area contributed by atoms with E-state index in [0.29, 0.717) is 5.69 Å². The van der Waals surface area contributed by atoms with Crippen LogP contribution in [0.5, 0.6) is 0 Å². The fourth-order valence-corrected chi connectivity index (χ4v) is 2.27. The van der Waals surface area contributed by atoms with Gasteiger partial charge in [0, 0.05) is 5.38 Å². The van der Waals surface area contributed by atoms with Crippen molar-refractivity contribution in [2.75, 3.05) is 0 Å². The van der Waals surface area contributed by atoms with Crippen LogP contribution in [0.15, 0.2) is 5.38 Å². The van der Waals surface area contributed by atoms with Gasteiger partial charge in [0.05, 0.1) is 11.2 Å². The van der Waals surface area contributed by atoms with Crippen molar-refractivity contribution in [2.24, 2.45) is 5.73 Å². The summed E-state index contributed by atoms with van der Waals surface area (Å²) in [5.74, 6) is 0. The Morgan fingerprint density at radius 1 is 1.62 bits per heavy atom. The molecule has 72 valence electrons. The minimum Gasteiger partial charge on any atom is -0.319 e. The number of rotatable bonds is 2. The van der Waals surface area contributed by atoms with E-state index in [4.69, 9.17) is 5.73 Å². The van der Waals surface area contributed by atoms with E-state index < -0.39 is 5.67 Å². The highest BCUT2D eigenvalue weighted by Gasteiger charge is 2.43. The van der Waals surface area contributed by atoms with E-state index in [1.165, 1.54) is 25.2 Å². The molecule has 4 heteroatoms. The summed E-state index contributed by atoms with van der Waals surface area (Å²) < 4.78 is 13.4. The number of alkyl halides is 1. The van der Waals surface area contributed by atoms with E-state index in [9.17, 15) is 4.39 Å². The van der Waals surface area contributed by atoms with Crippen LogP contribution in [0.25, 0.3) is 0 Å². The predicted molar refractivity (Wildman–Crippen MR) is 51.3 cm³/mol. The molecule has 1 saturated carbocycles. The van der Waals surface area contributed by atoms with Gasteiger partial charge in [-0.25, -0.2) is 9.37 Å². The molecule has 0 aromatic carbocycles. The van der Waals surface area contributed by atoms with E-state index in [2.05, 4.69) is 4.98 Å². The van der Waals surface area contributed by atoms with Gasteiger partial charge in [-0.15, -0.1) is 11.3 Å². The van der Waals surface area contributed by atoms with Gasteiger partial charge in [0.1, 0.15) is 10.7 Å². The Bertz CT molecular complexity index is 303. The molecule has 0 radical (unpaired) electrons. The molecule has 2 nitrogen and oxygen atoms in total. The standard InChI is InChI=1S/C9H13FN2S/c1-8(2,10)6-5-13-7(12-6)9(11)3-4-9/h5H,3-4,11H2,1-2H3. The molecule has 0 unspecified atom stereocenters. The first-order valence-electron chi connectivity index (χ1n) is 4.36. The highest BCUT2D eigenvalue weighted by molar-refractivity contribution is 7.09. The molecule has 1 aliphatic rings. The maximum atomic E-state index is 13.4. The third-order valence-corrected chi connectivity index (χ3v) is 3.39. The van der Waals surface area contributed by atoms with E-state index >= 15 is 0 Å². The number of hydrogen-bond acceptors (Lipinski definition) is 3. The monoisotopic (exact) mass is 200 g/mol. The summed E-state index contributed by atoms with van der Waals surface area (Å²) in [7, 11) is 0. The zero-order chi connectivity index (χ0) is 9.69. The number of halogens is 1. The van der Waals surface area contributed by atoms with Gasteiger partial charge in [-0.2, -0.15) is 0 Å². The van der Waals surface area contributed by atoms with Crippen LogP contribution in [0, 0.1) is 0 Å². The largest absolute Gasteiger partial charge is 0.319 e. The maximum absolute atomic E-state index is 13.4. The van der Waals surface area contributed by atoms with Gasteiger partial charge in [0.15, 0.2) is 0 Å². The molecule has 1 aromatic rings. The normalized spacial score (nSPS) is 20.3. The van der Waals surface area contributed by atoms with Crippen molar-refractivity contribution in [1.82, 2.24) is 4.98 Å². The molecule has 13 heavy (non-hydrogen) atoms. The molecule has 0 atom stereocenters. The van der Waals surface area contributed by atoms with E-state index in [0.717, 1.165) is 17.8 Å². The lowest BCUT2D eigenvalue weighted by molar-refractivity contribution is 0.215. The van der Waals surface area contributed by atoms with Crippen molar-refractivity contribution in [3.63, 3.8) is 0 Å². The van der Waals surface area contributed by atoms with Crippen molar-refractivity contribution in [3.05, 3.63) is 16.1 Å². The number of nitrogens with zero attached hydrogens (tertiary/aromatic N) is 1. The van der Waals surface area contributed by atoms with Gasteiger partial charge in [-0.05, 0) is 26.7 Å². The van der Waals surface area contributed by atoms with Gasteiger partial charge in [-0.3, -0.25) is 0 Å². The topological polar surface area (TPSA) is 38.9 Å². The first kappa shape index (κ1) is 9.09. The van der Waals surface area contributed by atoms with Crippen LogP contribution in [0.1, 0.15) is 37.4 Å². The summed E-state index contributed by atoms with van der Waals surface area (Å²) >= 11 is 1.47. The quantitative estimate of drug-likeness (QED) is 0.795. The fourth-order valence-electron chi connectivity index (χ4n) is 1.12. The molecule has 2 N–H and O–H groups in total. The molecular formula is C9H13FN2S. The summed E-state index contributed by atoms with van der Waals surface area (Å²) in [5, 5.41) is 2.65. The van der Waals surface area contributed by atoms with E-state index in [1.807, 2.05) is 0 Å². The van der Waals surface area contributed by atoms with E-state index in [1.54, 1.807) is 5.38 Å². The zero-order valence-electron chi connectivity index (χ0n) is 7.80. The molecule has 1 fully saturated rings. The molecule has 1 aliphatic carbocycles. The maximum Gasteiger partial charge on any atom is 0.148 e. The second-order valence-electron chi connectivity index (χ2n) is 4.17. The minimum atomic E-state index is -1.35. The highest BCUT2D eigenvalue weighted by Crippen LogP contribution is 2.44. The van der Waals surface area contributed by atoms with Crippen LogP contribution in [0.2, 0.25) is 0 Å². The predicted octanol–water partition coefficient (Wildman–Crippen LogP) is 2.30. The van der Waals surface area contributed by atoms with Crippen LogP contribution in [-0.4, -0.2) is 4.98 Å². The number of hydrogen-bond donors (Lipinski definition) is 1. The lowest BCUT2D eigenvalue weighted by Gasteiger charge is -2.10. The molecule has 1 heterocycles. The molecule has 0 amide bonds. The van der Waals surface area contributed by atoms with Crippen LogP contribution in [-0.2, 0) is 11.2 Å². The third-order valence-electron chi connectivity index (χ3n) is 2.33. The fraction of sp³-hybridized carbons (Fsp3) is 0.667. The van der Waals surface area contributed by atoms with Crippen molar-refractivity contribution < 1.29 is 4.39 Å². The smallest absolute Gasteiger partial charge is 0.148 e. The third kappa shape index (κ3) is 1.60. The number of thiazole rings is 1. The molecule has 2 rings (SSSR count). The van der Waals surface area contributed by atoms with Crippen LogP contribution < -0.4 is 5.73 Å². The number of nitrogens with two attached hydrogens (primary N) is 1. The van der Waals surface area contributed by atoms with Crippen LogP contribution >= 0.6 is 11.3 Å². The molecule has 0 spiro atoms. The SMILES string of the molecule is CC(C)(F)c1csc(C2(N)CC2)n1. The average molecular weight is 200 g/mol. The number of aromatic nitrogens is 1. The molecule has 0 saturated heterocycles. The Kier molecular flexibility index (Phi) is 1.76. The molecular weight excluding hydrogens is 187 g/mol. The second kappa shape index (κ2) is 2.51. The van der Waals surface area contributed by atoms with Gasteiger partial charge in [-0.1, -0.05) is 0 Å². The molecule has 0 aliphatic heterocycles. The average Bonchev–Trinajstić information content (AvgIpc) is 2.60. The Morgan fingerprint density at radius 2 is 2.23 bits per heavy atom. The Labute approximate surface area is 81.0 Å². The first-order chi connectivity index (χ1) is 5.92. The van der Waals surface area contributed by atoms with Crippen molar-refractivity contribution >= 4 is 11.3 Å². The van der Waals surface area contributed by atoms with Gasteiger partial charge < -0.3 is 5.73 Å². The van der Waals surface area contributed by atoms with Gasteiger partial charge in [0.2, 0.25) is 0 Å². The lowest BCUT2D eigenvalue weighted by atomic mass is 10.1. The summed E-state index contributed by atoms with van der Waals surface area (Å²) in [5.41, 5.74) is 4.88. The van der Waals surface area contributed by atoms with Crippen molar-refractivity contribution in [1.29, 1.82) is 0 Å². The van der Waals surface area contributed by atoms with E-state index in [-0.39, 0.29) is 5.54 Å². The Hall–Kier alpha value is -0.480. The van der Waals surface area contributed by atoms with Crippen LogP contribution in [0.3, 0.4) is 0 Å². The molecule has 1 aromatic heterocycles. The van der Waals surface area contributed by atoms with Gasteiger partial charge in [0.25, 0.3) is 0 Å². The first-order valence-corrected chi connectivity index (χ1v) is 5.24. The molecule has 0 bridgehead atoms. The van der Waals surface area contributed by atoms with Crippen molar-refractivity contribution in [3.8, 4) is 0 Å². The lowest BCUT2D eigenvalue weighted by Crippen LogP contribution is -2.19. The summed E-state index contributed by atoms with van der Waals surface area (Å²) in [6.45, 7) is 3.03.